The van der Waals surface area contributed by atoms with Gasteiger partial charge in [-0.05, 0) is 45.7 Å². The number of halogens is 1. The number of anilines is 1. The van der Waals surface area contributed by atoms with Crippen molar-refractivity contribution in [2.75, 3.05) is 25.0 Å². The van der Waals surface area contributed by atoms with Gasteiger partial charge in [0, 0.05) is 12.6 Å². The number of fused-ring (bicyclic) bond motifs is 3. The van der Waals surface area contributed by atoms with Crippen LogP contribution in [0.2, 0.25) is 5.15 Å². The lowest BCUT2D eigenvalue weighted by Gasteiger charge is -2.45. The summed E-state index contributed by atoms with van der Waals surface area (Å²) in [4.78, 5) is 11.4. The third-order valence-electron chi connectivity index (χ3n) is 4.24. The van der Waals surface area contributed by atoms with E-state index in [9.17, 15) is 0 Å². The topological polar surface area (TPSA) is 41.1 Å². The fourth-order valence-electron chi connectivity index (χ4n) is 2.97. The summed E-state index contributed by atoms with van der Waals surface area (Å²) in [5.41, 5.74) is 1.85. The van der Waals surface area contributed by atoms with Crippen molar-refractivity contribution in [3.05, 3.63) is 16.5 Å². The normalized spacial score (nSPS) is 30.5. The zero-order valence-corrected chi connectivity index (χ0v) is 11.7. The van der Waals surface area contributed by atoms with Crippen molar-refractivity contribution in [3.8, 4) is 0 Å². The van der Waals surface area contributed by atoms with E-state index in [1.807, 2.05) is 13.8 Å². The standard InChI is InChI=1S/C13H19ClN4/c1-8-9(2)16-13(12(14)15-8)17-11-7-18-5-3-10(11)4-6-18/h10-11H,3-7H2,1-2H3,(H,16,17). The van der Waals surface area contributed by atoms with E-state index in [1.54, 1.807) is 0 Å². The lowest BCUT2D eigenvalue weighted by atomic mass is 9.84. The van der Waals surface area contributed by atoms with Gasteiger partial charge in [0.2, 0.25) is 0 Å². The molecule has 0 aromatic carbocycles. The molecule has 0 amide bonds. The molecule has 4 heterocycles. The Balaban J connectivity index is 1.78. The Kier molecular flexibility index (Phi) is 3.16. The summed E-state index contributed by atoms with van der Waals surface area (Å²) in [7, 11) is 0. The summed E-state index contributed by atoms with van der Waals surface area (Å²) < 4.78 is 0. The molecule has 18 heavy (non-hydrogen) atoms. The first kappa shape index (κ1) is 12.2. The van der Waals surface area contributed by atoms with Gasteiger partial charge in [-0.3, -0.25) is 0 Å². The molecule has 0 spiro atoms. The highest BCUT2D eigenvalue weighted by Crippen LogP contribution is 2.30. The molecule has 4 rings (SSSR count). The molecular weight excluding hydrogens is 248 g/mol. The maximum Gasteiger partial charge on any atom is 0.171 e. The van der Waals surface area contributed by atoms with E-state index < -0.39 is 0 Å². The Labute approximate surface area is 113 Å². The zero-order valence-electron chi connectivity index (χ0n) is 10.9. The van der Waals surface area contributed by atoms with Crippen LogP contribution >= 0.6 is 11.6 Å². The summed E-state index contributed by atoms with van der Waals surface area (Å²) >= 11 is 6.17. The van der Waals surface area contributed by atoms with Gasteiger partial charge < -0.3 is 10.2 Å². The molecule has 0 saturated carbocycles. The molecule has 98 valence electrons. The lowest BCUT2D eigenvalue weighted by molar-refractivity contribution is 0.0973. The number of piperidine rings is 3. The largest absolute Gasteiger partial charge is 0.363 e. The molecule has 3 aliphatic heterocycles. The van der Waals surface area contributed by atoms with E-state index in [-0.39, 0.29) is 0 Å². The number of nitrogens with one attached hydrogen (secondary N) is 1. The quantitative estimate of drug-likeness (QED) is 0.892. The van der Waals surface area contributed by atoms with Crippen LogP contribution in [0.3, 0.4) is 0 Å². The van der Waals surface area contributed by atoms with Crippen LogP contribution in [-0.4, -0.2) is 40.5 Å². The molecule has 1 aromatic rings. The van der Waals surface area contributed by atoms with E-state index in [0.29, 0.717) is 11.2 Å². The molecule has 3 saturated heterocycles. The molecule has 2 bridgehead atoms. The summed E-state index contributed by atoms with van der Waals surface area (Å²) in [6.07, 6.45) is 2.57. The first-order valence-electron chi connectivity index (χ1n) is 6.63. The lowest BCUT2D eigenvalue weighted by Crippen LogP contribution is -2.53. The monoisotopic (exact) mass is 266 g/mol. The van der Waals surface area contributed by atoms with Gasteiger partial charge in [0.1, 0.15) is 0 Å². The van der Waals surface area contributed by atoms with Gasteiger partial charge in [0.05, 0.1) is 11.4 Å². The summed E-state index contributed by atoms with van der Waals surface area (Å²) in [5.74, 6) is 1.51. The highest BCUT2D eigenvalue weighted by molar-refractivity contribution is 6.31. The van der Waals surface area contributed by atoms with Crippen molar-refractivity contribution in [2.24, 2.45) is 5.92 Å². The summed E-state index contributed by atoms with van der Waals surface area (Å²) in [6.45, 7) is 7.51. The number of rotatable bonds is 2. The third kappa shape index (κ3) is 2.19. The molecule has 1 aromatic heterocycles. The molecular formula is C13H19ClN4. The Morgan fingerprint density at radius 3 is 2.44 bits per heavy atom. The first-order chi connectivity index (χ1) is 8.63. The predicted molar refractivity (Wildman–Crippen MR) is 73.1 cm³/mol. The SMILES string of the molecule is Cc1nc(Cl)c(NC2CN3CCC2CC3)nc1C. The van der Waals surface area contributed by atoms with Crippen LogP contribution < -0.4 is 5.32 Å². The van der Waals surface area contributed by atoms with Crippen molar-refractivity contribution >= 4 is 17.4 Å². The van der Waals surface area contributed by atoms with Crippen LogP contribution in [-0.2, 0) is 0 Å². The molecule has 1 atom stereocenters. The number of aryl methyl sites for hydroxylation is 2. The number of nitrogens with zero attached hydrogens (tertiary/aromatic N) is 3. The van der Waals surface area contributed by atoms with Crippen LogP contribution in [0.15, 0.2) is 0 Å². The molecule has 1 N–H and O–H groups in total. The molecule has 3 fully saturated rings. The fourth-order valence-corrected chi connectivity index (χ4v) is 3.20. The average molecular weight is 267 g/mol. The van der Waals surface area contributed by atoms with Gasteiger partial charge >= 0.3 is 0 Å². The number of hydrogen-bond donors (Lipinski definition) is 1. The van der Waals surface area contributed by atoms with E-state index in [4.69, 9.17) is 11.6 Å². The van der Waals surface area contributed by atoms with Gasteiger partial charge in [-0.2, -0.15) is 0 Å². The molecule has 0 radical (unpaired) electrons. The van der Waals surface area contributed by atoms with Gasteiger partial charge in [0.15, 0.2) is 11.0 Å². The molecule has 4 nitrogen and oxygen atoms in total. The molecule has 0 aliphatic carbocycles. The molecule has 5 heteroatoms. The van der Waals surface area contributed by atoms with Gasteiger partial charge in [-0.15, -0.1) is 0 Å². The van der Waals surface area contributed by atoms with Crippen molar-refractivity contribution in [3.63, 3.8) is 0 Å². The maximum absolute atomic E-state index is 6.17. The Morgan fingerprint density at radius 1 is 1.17 bits per heavy atom. The number of hydrogen-bond acceptors (Lipinski definition) is 4. The van der Waals surface area contributed by atoms with Gasteiger partial charge in [-0.25, -0.2) is 9.97 Å². The molecule has 3 aliphatic rings. The second-order valence-electron chi connectivity index (χ2n) is 5.42. The van der Waals surface area contributed by atoms with Crippen molar-refractivity contribution < 1.29 is 0 Å². The Morgan fingerprint density at radius 2 is 1.83 bits per heavy atom. The smallest absolute Gasteiger partial charge is 0.171 e. The minimum atomic E-state index is 0.474. The van der Waals surface area contributed by atoms with Crippen molar-refractivity contribution in [1.29, 1.82) is 0 Å². The van der Waals surface area contributed by atoms with Crippen LogP contribution in [0, 0.1) is 19.8 Å². The number of aromatic nitrogens is 2. The van der Waals surface area contributed by atoms with E-state index >= 15 is 0 Å². The zero-order chi connectivity index (χ0) is 12.7. The van der Waals surface area contributed by atoms with Crippen molar-refractivity contribution in [2.45, 2.75) is 32.7 Å². The van der Waals surface area contributed by atoms with Crippen molar-refractivity contribution in [1.82, 2.24) is 14.9 Å². The highest BCUT2D eigenvalue weighted by atomic mass is 35.5. The van der Waals surface area contributed by atoms with Crippen LogP contribution in [0.1, 0.15) is 24.2 Å². The van der Waals surface area contributed by atoms with E-state index in [2.05, 4.69) is 20.2 Å². The second-order valence-corrected chi connectivity index (χ2v) is 5.78. The average Bonchev–Trinajstić information content (AvgIpc) is 2.37. The third-order valence-corrected chi connectivity index (χ3v) is 4.51. The second kappa shape index (κ2) is 4.67. The fraction of sp³-hybridized carbons (Fsp3) is 0.692. The molecule has 1 unspecified atom stereocenters. The maximum atomic E-state index is 6.17. The van der Waals surface area contributed by atoms with Crippen LogP contribution in [0.5, 0.6) is 0 Å². The summed E-state index contributed by atoms with van der Waals surface area (Å²) in [5, 5.41) is 4.00. The minimum Gasteiger partial charge on any atom is -0.363 e. The van der Waals surface area contributed by atoms with E-state index in [0.717, 1.165) is 29.7 Å². The minimum absolute atomic E-state index is 0.474. The highest BCUT2D eigenvalue weighted by Gasteiger charge is 2.34. The van der Waals surface area contributed by atoms with Gasteiger partial charge in [-0.1, -0.05) is 11.6 Å². The van der Waals surface area contributed by atoms with E-state index in [1.165, 1.54) is 25.9 Å². The Hall–Kier alpha value is -0.870. The first-order valence-corrected chi connectivity index (χ1v) is 7.01. The van der Waals surface area contributed by atoms with Crippen LogP contribution in [0.4, 0.5) is 5.82 Å². The van der Waals surface area contributed by atoms with Crippen LogP contribution in [0.25, 0.3) is 0 Å². The van der Waals surface area contributed by atoms with Gasteiger partial charge in [0.25, 0.3) is 0 Å². The summed E-state index contributed by atoms with van der Waals surface area (Å²) in [6, 6.07) is 0.474. The Bertz CT molecular complexity index is 455. The predicted octanol–water partition coefficient (Wildman–Crippen LogP) is 2.25.